The highest BCUT2D eigenvalue weighted by Gasteiger charge is 2.51. The average molecular weight is 355 g/mol. The summed E-state index contributed by atoms with van der Waals surface area (Å²) in [5.74, 6) is -0.938. The smallest absolute Gasteiger partial charge is 0.407 e. The maximum Gasteiger partial charge on any atom is 0.407 e. The van der Waals surface area contributed by atoms with Crippen LogP contribution >= 0.6 is 0 Å². The topological polar surface area (TPSA) is 114 Å². The van der Waals surface area contributed by atoms with E-state index in [0.717, 1.165) is 6.29 Å². The summed E-state index contributed by atoms with van der Waals surface area (Å²) in [6.07, 6.45) is -0.665. The van der Waals surface area contributed by atoms with Crippen LogP contribution in [0.25, 0.3) is 0 Å². The van der Waals surface area contributed by atoms with Gasteiger partial charge in [0.2, 0.25) is 5.91 Å². The first-order valence-electron chi connectivity index (χ1n) is 8.29. The first kappa shape index (κ1) is 19.2. The summed E-state index contributed by atoms with van der Waals surface area (Å²) >= 11 is 0. The van der Waals surface area contributed by atoms with Gasteiger partial charge in [0.05, 0.1) is 12.6 Å². The van der Waals surface area contributed by atoms with Gasteiger partial charge in [0.25, 0.3) is 5.91 Å². The molecule has 0 aromatic rings. The van der Waals surface area contributed by atoms with Crippen LogP contribution in [0.1, 0.15) is 33.6 Å². The van der Waals surface area contributed by atoms with E-state index in [1.165, 1.54) is 18.9 Å². The molecule has 9 nitrogen and oxygen atoms in total. The van der Waals surface area contributed by atoms with E-state index < -0.39 is 41.8 Å². The molecule has 0 radical (unpaired) electrons. The van der Waals surface area contributed by atoms with Crippen LogP contribution in [0.4, 0.5) is 4.79 Å². The zero-order chi connectivity index (χ0) is 18.8. The van der Waals surface area contributed by atoms with Crippen LogP contribution in [0.5, 0.6) is 0 Å². The largest absolute Gasteiger partial charge is 0.436 e. The van der Waals surface area contributed by atoms with Crippen LogP contribution in [0, 0.1) is 5.41 Å². The van der Waals surface area contributed by atoms with Crippen molar-refractivity contribution in [3.63, 3.8) is 0 Å². The predicted molar refractivity (Wildman–Crippen MR) is 86.4 cm³/mol. The lowest BCUT2D eigenvalue weighted by Crippen LogP contribution is -2.54. The molecule has 25 heavy (non-hydrogen) atoms. The molecule has 0 saturated carbocycles. The molecule has 2 fully saturated rings. The van der Waals surface area contributed by atoms with Gasteiger partial charge in [-0.3, -0.25) is 9.59 Å². The Morgan fingerprint density at radius 1 is 1.44 bits per heavy atom. The van der Waals surface area contributed by atoms with E-state index in [-0.39, 0.29) is 18.9 Å². The van der Waals surface area contributed by atoms with Crippen molar-refractivity contribution in [3.8, 4) is 0 Å². The molecule has 0 bridgehead atoms. The third kappa shape index (κ3) is 3.92. The minimum absolute atomic E-state index is 0.282. The molecule has 2 rings (SSSR count). The molecule has 0 aliphatic carbocycles. The van der Waals surface area contributed by atoms with Crippen molar-refractivity contribution in [1.29, 1.82) is 0 Å². The van der Waals surface area contributed by atoms with E-state index in [2.05, 4.69) is 10.6 Å². The minimum Gasteiger partial charge on any atom is -0.436 e. The molecule has 140 valence electrons. The van der Waals surface area contributed by atoms with Crippen LogP contribution in [0.3, 0.4) is 0 Å². The molecule has 9 heteroatoms. The van der Waals surface area contributed by atoms with Gasteiger partial charge in [0.15, 0.2) is 6.10 Å². The molecule has 0 aromatic heterocycles. The molecule has 2 heterocycles. The zero-order valence-corrected chi connectivity index (χ0v) is 14.9. The van der Waals surface area contributed by atoms with Crippen molar-refractivity contribution >= 4 is 24.2 Å². The molecule has 2 aliphatic heterocycles. The molecule has 3 amide bonds. The Hall–Kier alpha value is -2.16. The number of alkyl carbamates (subject to hydrolysis) is 1. The number of rotatable bonds is 4. The number of carbonyl (C=O) groups excluding carboxylic acids is 4. The molecule has 2 N–H and O–H groups in total. The number of hydrogen-bond donors (Lipinski definition) is 2. The first-order chi connectivity index (χ1) is 11.7. The van der Waals surface area contributed by atoms with Crippen molar-refractivity contribution in [1.82, 2.24) is 15.5 Å². The lowest BCUT2D eigenvalue weighted by Gasteiger charge is -2.30. The molecule has 2 aliphatic rings. The Kier molecular flexibility index (Phi) is 5.66. The minimum atomic E-state index is -1.05. The molecule has 0 spiro atoms. The number of fused-ring (bicyclic) bond motifs is 1. The van der Waals surface area contributed by atoms with E-state index in [4.69, 9.17) is 9.47 Å². The van der Waals surface area contributed by atoms with Crippen LogP contribution < -0.4 is 10.6 Å². The third-order valence-electron chi connectivity index (χ3n) is 4.68. The van der Waals surface area contributed by atoms with Crippen LogP contribution in [0.15, 0.2) is 0 Å². The quantitative estimate of drug-likeness (QED) is 0.675. The van der Waals surface area contributed by atoms with E-state index in [0.29, 0.717) is 6.42 Å². The SMILES string of the molecule is CNC(=O)O[C@@H](C)C(=O)N[C@H]1CCO[C@H]2CC(C)(C)[C@@H](C=O)N2C1=O. The molecular formula is C16H25N3O6. The number of nitrogens with one attached hydrogen (secondary N) is 2. The van der Waals surface area contributed by atoms with Gasteiger partial charge in [-0.25, -0.2) is 4.79 Å². The summed E-state index contributed by atoms with van der Waals surface area (Å²) in [5.41, 5.74) is -0.399. The predicted octanol–water partition coefficient (Wildman–Crippen LogP) is -0.212. The summed E-state index contributed by atoms with van der Waals surface area (Å²) in [5, 5.41) is 4.84. The van der Waals surface area contributed by atoms with Gasteiger partial charge < -0.3 is 29.8 Å². The first-order valence-corrected chi connectivity index (χ1v) is 8.29. The average Bonchev–Trinajstić information content (AvgIpc) is 2.73. The van der Waals surface area contributed by atoms with Crippen molar-refractivity contribution < 1.29 is 28.7 Å². The van der Waals surface area contributed by atoms with Crippen LogP contribution in [-0.2, 0) is 23.9 Å². The fourth-order valence-corrected chi connectivity index (χ4v) is 3.21. The second-order valence-corrected chi connectivity index (χ2v) is 6.99. The Balaban J connectivity index is 2.10. The van der Waals surface area contributed by atoms with Gasteiger partial charge >= 0.3 is 6.09 Å². The van der Waals surface area contributed by atoms with Gasteiger partial charge in [0.1, 0.15) is 18.6 Å². The van der Waals surface area contributed by atoms with E-state index >= 15 is 0 Å². The number of nitrogens with zero attached hydrogens (tertiary/aromatic N) is 1. The summed E-state index contributed by atoms with van der Waals surface area (Å²) in [4.78, 5) is 49.2. The highest BCUT2D eigenvalue weighted by Crippen LogP contribution is 2.41. The van der Waals surface area contributed by atoms with Gasteiger partial charge in [-0.05, 0) is 18.8 Å². The normalized spacial score (nSPS) is 29.2. The molecule has 2 saturated heterocycles. The second kappa shape index (κ2) is 7.38. The molecular weight excluding hydrogens is 330 g/mol. The lowest BCUT2D eigenvalue weighted by atomic mass is 9.85. The summed E-state index contributed by atoms with van der Waals surface area (Å²) in [6.45, 7) is 5.51. The molecule has 0 unspecified atom stereocenters. The van der Waals surface area contributed by atoms with Gasteiger partial charge in [-0.1, -0.05) is 13.8 Å². The number of aldehydes is 1. The highest BCUT2D eigenvalue weighted by molar-refractivity contribution is 5.91. The maximum atomic E-state index is 12.9. The van der Waals surface area contributed by atoms with E-state index in [9.17, 15) is 19.2 Å². The van der Waals surface area contributed by atoms with E-state index in [1.54, 1.807) is 0 Å². The highest BCUT2D eigenvalue weighted by atomic mass is 16.6. The van der Waals surface area contributed by atoms with Crippen molar-refractivity contribution in [3.05, 3.63) is 0 Å². The van der Waals surface area contributed by atoms with Gasteiger partial charge in [0, 0.05) is 13.5 Å². The molecule has 4 atom stereocenters. The van der Waals surface area contributed by atoms with E-state index in [1.807, 2.05) is 13.8 Å². The summed E-state index contributed by atoms with van der Waals surface area (Å²) in [6, 6.07) is -1.44. The van der Waals surface area contributed by atoms with Gasteiger partial charge in [-0.2, -0.15) is 0 Å². The summed E-state index contributed by atoms with van der Waals surface area (Å²) in [7, 11) is 1.38. The number of hydrogen-bond acceptors (Lipinski definition) is 6. The fraction of sp³-hybridized carbons (Fsp3) is 0.750. The number of carbonyl (C=O) groups is 4. The number of amides is 3. The monoisotopic (exact) mass is 355 g/mol. The Morgan fingerprint density at radius 3 is 2.72 bits per heavy atom. The zero-order valence-electron chi connectivity index (χ0n) is 14.9. The van der Waals surface area contributed by atoms with Crippen molar-refractivity contribution in [2.24, 2.45) is 5.41 Å². The second-order valence-electron chi connectivity index (χ2n) is 6.99. The lowest BCUT2D eigenvalue weighted by molar-refractivity contribution is -0.147. The van der Waals surface area contributed by atoms with Crippen LogP contribution in [-0.4, -0.2) is 67.2 Å². The number of ether oxygens (including phenoxy) is 2. The Labute approximate surface area is 146 Å². The third-order valence-corrected chi connectivity index (χ3v) is 4.68. The fourth-order valence-electron chi connectivity index (χ4n) is 3.21. The Morgan fingerprint density at radius 2 is 2.12 bits per heavy atom. The van der Waals surface area contributed by atoms with Gasteiger partial charge in [-0.15, -0.1) is 0 Å². The van der Waals surface area contributed by atoms with Crippen LogP contribution in [0.2, 0.25) is 0 Å². The molecule has 0 aromatic carbocycles. The standard InChI is InChI=1S/C16H25N3O6/c1-9(25-15(23)17-4)13(21)18-10-5-6-24-12-7-16(2,3)11(8-20)19(12)14(10)22/h8-12H,5-7H2,1-4H3,(H,17,23)(H,18,21)/t9-,10-,11+,12-/m0/s1. The summed E-state index contributed by atoms with van der Waals surface area (Å²) < 4.78 is 10.6. The van der Waals surface area contributed by atoms with Crippen molar-refractivity contribution in [2.45, 2.75) is 58.0 Å². The Bertz CT molecular complexity index is 564. The van der Waals surface area contributed by atoms with Crippen molar-refractivity contribution in [2.75, 3.05) is 13.7 Å². The maximum absolute atomic E-state index is 12.9.